The lowest BCUT2D eigenvalue weighted by molar-refractivity contribution is 0.0915. The molecule has 0 aliphatic carbocycles. The minimum absolute atomic E-state index is 0.0725. The number of amides is 1. The van der Waals surface area contributed by atoms with Crippen LogP contribution in [-0.2, 0) is 0 Å². The van der Waals surface area contributed by atoms with Crippen LogP contribution in [-0.4, -0.2) is 47.0 Å². The molecule has 2 aromatic rings. The Bertz CT molecular complexity index is 679. The third-order valence-corrected chi connectivity index (χ3v) is 4.31. The van der Waals surface area contributed by atoms with Crippen LogP contribution in [0.15, 0.2) is 36.5 Å². The number of hydrogen-bond donors (Lipinski definition) is 1. The third kappa shape index (κ3) is 3.74. The molecule has 1 fully saturated rings. The summed E-state index contributed by atoms with van der Waals surface area (Å²) in [5.74, 6) is 0.579. The molecule has 2 heterocycles. The van der Waals surface area contributed by atoms with E-state index in [0.29, 0.717) is 17.1 Å². The van der Waals surface area contributed by atoms with Gasteiger partial charge in [0.2, 0.25) is 0 Å². The second-order valence-corrected chi connectivity index (χ2v) is 6.11. The first-order valence-electron chi connectivity index (χ1n) is 8.02. The van der Waals surface area contributed by atoms with Crippen molar-refractivity contribution in [3.63, 3.8) is 0 Å². The molecule has 0 saturated carbocycles. The van der Waals surface area contributed by atoms with Crippen LogP contribution in [0.5, 0.6) is 0 Å². The SMILES string of the molecule is Cc1nc(-c2ccccc2)ncc1C(=O)NC1CCN(C)CC1. The van der Waals surface area contributed by atoms with Crippen LogP contribution in [0.4, 0.5) is 0 Å². The summed E-state index contributed by atoms with van der Waals surface area (Å²) in [6, 6.07) is 10.0. The van der Waals surface area contributed by atoms with Crippen LogP contribution < -0.4 is 5.32 Å². The van der Waals surface area contributed by atoms with Crippen molar-refractivity contribution in [3.8, 4) is 11.4 Å². The highest BCUT2D eigenvalue weighted by Crippen LogP contribution is 2.16. The van der Waals surface area contributed by atoms with Crippen LogP contribution in [0.1, 0.15) is 28.9 Å². The number of carbonyl (C=O) groups excluding carboxylic acids is 1. The van der Waals surface area contributed by atoms with Crippen molar-refractivity contribution in [2.75, 3.05) is 20.1 Å². The Kier molecular flexibility index (Phi) is 4.67. The van der Waals surface area contributed by atoms with Gasteiger partial charge in [-0.25, -0.2) is 9.97 Å². The Balaban J connectivity index is 1.72. The number of likely N-dealkylation sites (tertiary alicyclic amines) is 1. The number of carbonyl (C=O) groups is 1. The summed E-state index contributed by atoms with van der Waals surface area (Å²) in [5, 5.41) is 3.11. The highest BCUT2D eigenvalue weighted by molar-refractivity contribution is 5.95. The van der Waals surface area contributed by atoms with Crippen LogP contribution in [0.2, 0.25) is 0 Å². The van der Waals surface area contributed by atoms with Gasteiger partial charge in [-0.1, -0.05) is 30.3 Å². The summed E-state index contributed by atoms with van der Waals surface area (Å²) in [7, 11) is 2.11. The van der Waals surface area contributed by atoms with Gasteiger partial charge in [-0.05, 0) is 39.9 Å². The van der Waals surface area contributed by atoms with Gasteiger partial charge in [0.25, 0.3) is 5.91 Å². The standard InChI is InChI=1S/C18H22N4O/c1-13-16(18(23)21-15-8-10-22(2)11-9-15)12-19-17(20-13)14-6-4-3-5-7-14/h3-7,12,15H,8-11H2,1-2H3,(H,21,23). The van der Waals surface area contributed by atoms with Crippen molar-refractivity contribution in [2.24, 2.45) is 0 Å². The summed E-state index contributed by atoms with van der Waals surface area (Å²) in [6.07, 6.45) is 3.61. The maximum atomic E-state index is 12.5. The normalized spacial score (nSPS) is 16.3. The maximum absolute atomic E-state index is 12.5. The Morgan fingerprint density at radius 1 is 1.22 bits per heavy atom. The predicted molar refractivity (Wildman–Crippen MR) is 90.2 cm³/mol. The molecule has 0 atom stereocenters. The molecule has 5 heteroatoms. The Hall–Kier alpha value is -2.27. The van der Waals surface area contributed by atoms with E-state index in [1.54, 1.807) is 6.20 Å². The topological polar surface area (TPSA) is 58.1 Å². The number of nitrogens with one attached hydrogen (secondary N) is 1. The van der Waals surface area contributed by atoms with E-state index >= 15 is 0 Å². The van der Waals surface area contributed by atoms with Gasteiger partial charge in [-0.2, -0.15) is 0 Å². The van der Waals surface area contributed by atoms with Gasteiger partial charge in [0.05, 0.1) is 11.3 Å². The molecule has 23 heavy (non-hydrogen) atoms. The van der Waals surface area contributed by atoms with Gasteiger partial charge >= 0.3 is 0 Å². The van der Waals surface area contributed by atoms with E-state index in [2.05, 4.69) is 27.2 Å². The second kappa shape index (κ2) is 6.87. The first kappa shape index (κ1) is 15.6. The molecule has 1 aliphatic rings. The van der Waals surface area contributed by atoms with Crippen molar-refractivity contribution in [2.45, 2.75) is 25.8 Å². The first-order chi connectivity index (χ1) is 11.1. The van der Waals surface area contributed by atoms with Gasteiger partial charge in [-0.15, -0.1) is 0 Å². The zero-order valence-electron chi connectivity index (χ0n) is 13.6. The van der Waals surface area contributed by atoms with Crippen LogP contribution in [0.3, 0.4) is 0 Å². The van der Waals surface area contributed by atoms with Crippen LogP contribution in [0, 0.1) is 6.92 Å². The average molecular weight is 310 g/mol. The highest BCUT2D eigenvalue weighted by Gasteiger charge is 2.20. The molecular weight excluding hydrogens is 288 g/mol. The van der Waals surface area contributed by atoms with E-state index in [1.807, 2.05) is 37.3 Å². The molecule has 1 aliphatic heterocycles. The first-order valence-corrected chi connectivity index (χ1v) is 8.02. The van der Waals surface area contributed by atoms with E-state index in [-0.39, 0.29) is 11.9 Å². The lowest BCUT2D eigenvalue weighted by atomic mass is 10.0. The van der Waals surface area contributed by atoms with E-state index in [4.69, 9.17) is 0 Å². The molecule has 1 amide bonds. The third-order valence-electron chi connectivity index (χ3n) is 4.31. The zero-order valence-corrected chi connectivity index (χ0v) is 13.6. The van der Waals surface area contributed by atoms with Crippen molar-refractivity contribution >= 4 is 5.91 Å². The van der Waals surface area contributed by atoms with Crippen molar-refractivity contribution in [1.82, 2.24) is 20.2 Å². The second-order valence-electron chi connectivity index (χ2n) is 6.11. The summed E-state index contributed by atoms with van der Waals surface area (Å²) in [6.45, 7) is 3.90. The van der Waals surface area contributed by atoms with E-state index in [0.717, 1.165) is 31.5 Å². The van der Waals surface area contributed by atoms with Gasteiger partial charge in [-0.3, -0.25) is 4.79 Å². The van der Waals surface area contributed by atoms with Gasteiger partial charge in [0.1, 0.15) is 0 Å². The minimum Gasteiger partial charge on any atom is -0.349 e. The summed E-state index contributed by atoms with van der Waals surface area (Å²) in [4.78, 5) is 23.6. The van der Waals surface area contributed by atoms with E-state index in [9.17, 15) is 4.79 Å². The summed E-state index contributed by atoms with van der Waals surface area (Å²) < 4.78 is 0. The lowest BCUT2D eigenvalue weighted by Gasteiger charge is -2.29. The molecule has 120 valence electrons. The van der Waals surface area contributed by atoms with Gasteiger partial charge in [0.15, 0.2) is 5.82 Å². The number of nitrogens with zero attached hydrogens (tertiary/aromatic N) is 3. The monoisotopic (exact) mass is 310 g/mol. The molecule has 0 spiro atoms. The van der Waals surface area contributed by atoms with Gasteiger partial charge < -0.3 is 10.2 Å². The minimum atomic E-state index is -0.0725. The lowest BCUT2D eigenvalue weighted by Crippen LogP contribution is -2.43. The number of benzene rings is 1. The number of piperidine rings is 1. The molecule has 5 nitrogen and oxygen atoms in total. The predicted octanol–water partition coefficient (Wildman–Crippen LogP) is 2.28. The molecule has 1 N–H and O–H groups in total. The molecular formula is C18H22N4O. The molecule has 1 aromatic carbocycles. The fourth-order valence-electron chi connectivity index (χ4n) is 2.83. The fraction of sp³-hybridized carbons (Fsp3) is 0.389. The highest BCUT2D eigenvalue weighted by atomic mass is 16.1. The molecule has 1 saturated heterocycles. The smallest absolute Gasteiger partial charge is 0.254 e. The quantitative estimate of drug-likeness (QED) is 0.945. The summed E-state index contributed by atoms with van der Waals surface area (Å²) in [5.41, 5.74) is 2.23. The number of aryl methyl sites for hydroxylation is 1. The Labute approximate surface area is 136 Å². The Morgan fingerprint density at radius 3 is 2.57 bits per heavy atom. The van der Waals surface area contributed by atoms with Crippen LogP contribution >= 0.6 is 0 Å². The molecule has 1 aromatic heterocycles. The van der Waals surface area contributed by atoms with Crippen molar-refractivity contribution in [1.29, 1.82) is 0 Å². The van der Waals surface area contributed by atoms with E-state index < -0.39 is 0 Å². The maximum Gasteiger partial charge on any atom is 0.254 e. The van der Waals surface area contributed by atoms with Crippen LogP contribution in [0.25, 0.3) is 11.4 Å². The largest absolute Gasteiger partial charge is 0.349 e. The molecule has 3 rings (SSSR count). The summed E-state index contributed by atoms with van der Waals surface area (Å²) >= 11 is 0. The number of rotatable bonds is 3. The number of hydrogen-bond acceptors (Lipinski definition) is 4. The van der Waals surface area contributed by atoms with Crippen molar-refractivity contribution < 1.29 is 4.79 Å². The van der Waals surface area contributed by atoms with Crippen molar-refractivity contribution in [3.05, 3.63) is 47.8 Å². The number of aromatic nitrogens is 2. The zero-order chi connectivity index (χ0) is 16.2. The molecule has 0 unspecified atom stereocenters. The van der Waals surface area contributed by atoms with E-state index in [1.165, 1.54) is 0 Å². The molecule has 0 bridgehead atoms. The average Bonchev–Trinajstić information content (AvgIpc) is 2.57. The Morgan fingerprint density at radius 2 is 1.91 bits per heavy atom. The fourth-order valence-corrected chi connectivity index (χ4v) is 2.83. The van der Waals surface area contributed by atoms with Gasteiger partial charge in [0, 0.05) is 17.8 Å². The molecule has 0 radical (unpaired) electrons.